The largest absolute Gasteiger partial charge is 0.493 e. The van der Waals surface area contributed by atoms with Gasteiger partial charge in [0.1, 0.15) is 11.4 Å². The Balaban J connectivity index is 2.81. The molecule has 1 aromatic carbocycles. The molecule has 0 saturated carbocycles. The zero-order valence-electron chi connectivity index (χ0n) is 10.3. The van der Waals surface area contributed by atoms with Crippen molar-refractivity contribution >= 4 is 0 Å². The van der Waals surface area contributed by atoms with Gasteiger partial charge in [-0.3, -0.25) is 9.78 Å². The zero-order valence-corrected chi connectivity index (χ0v) is 10.3. The highest BCUT2D eigenvalue weighted by Gasteiger charge is 2.17. The van der Waals surface area contributed by atoms with Crippen molar-refractivity contribution in [2.75, 3.05) is 19.1 Å². The summed E-state index contributed by atoms with van der Waals surface area (Å²) in [4.78, 5) is 25.4. The maximum atomic E-state index is 13.2. The van der Waals surface area contributed by atoms with E-state index >= 15 is 0 Å². The number of rotatable bonds is 2. The second kappa shape index (κ2) is 4.60. The molecule has 0 atom stereocenters. The van der Waals surface area contributed by atoms with Gasteiger partial charge in [-0.25, -0.2) is 9.18 Å². The summed E-state index contributed by atoms with van der Waals surface area (Å²) in [6, 6.07) is 5.21. The van der Waals surface area contributed by atoms with E-state index in [0.29, 0.717) is 0 Å². The van der Waals surface area contributed by atoms with E-state index in [4.69, 9.17) is 0 Å². The first kappa shape index (κ1) is 12.9. The Hall–Kier alpha value is -2.57. The Morgan fingerprint density at radius 3 is 2.58 bits per heavy atom. The highest BCUT2D eigenvalue weighted by atomic mass is 19.1. The molecule has 6 nitrogen and oxygen atoms in total. The molecule has 1 heterocycles. The van der Waals surface area contributed by atoms with Crippen molar-refractivity contribution in [1.29, 1.82) is 0 Å². The lowest BCUT2D eigenvalue weighted by molar-refractivity contribution is 0.406. The predicted octanol–water partition coefficient (Wildman–Crippen LogP) is 0.246. The average molecular weight is 265 g/mol. The summed E-state index contributed by atoms with van der Waals surface area (Å²) in [6.45, 7) is 0. The van der Waals surface area contributed by atoms with Gasteiger partial charge < -0.3 is 10.1 Å². The summed E-state index contributed by atoms with van der Waals surface area (Å²) in [5, 5.41) is 11.3. The summed E-state index contributed by atoms with van der Waals surface area (Å²) < 4.78 is 14.1. The molecule has 19 heavy (non-hydrogen) atoms. The summed E-state index contributed by atoms with van der Waals surface area (Å²) in [7, 11) is 3.05. The lowest BCUT2D eigenvalue weighted by Gasteiger charge is -2.18. The fourth-order valence-electron chi connectivity index (χ4n) is 1.79. The van der Waals surface area contributed by atoms with Gasteiger partial charge in [0.25, 0.3) is 5.56 Å². The first-order valence-corrected chi connectivity index (χ1v) is 5.43. The van der Waals surface area contributed by atoms with E-state index in [1.54, 1.807) is 0 Å². The van der Waals surface area contributed by atoms with Crippen molar-refractivity contribution in [3.8, 4) is 17.0 Å². The van der Waals surface area contributed by atoms with Crippen LogP contribution in [0, 0.1) is 5.82 Å². The number of hydrogen-bond acceptors (Lipinski definition) is 4. The van der Waals surface area contributed by atoms with E-state index in [1.807, 2.05) is 0 Å². The molecule has 0 bridgehead atoms. The fraction of sp³-hybridized carbons (Fsp3) is 0.167. The van der Waals surface area contributed by atoms with Crippen LogP contribution in [0.1, 0.15) is 0 Å². The standard InChI is InChI=1S/C12H12FN3O3/c1-15(2)16-11(18)9(10(17)14-12(16)19)7-4-3-5-8(13)6-7/h3-6,18H,1-2H3,(H,14,17,19). The topological polar surface area (TPSA) is 78.3 Å². The highest BCUT2D eigenvalue weighted by Crippen LogP contribution is 2.24. The van der Waals surface area contributed by atoms with Crippen molar-refractivity contribution < 1.29 is 9.50 Å². The van der Waals surface area contributed by atoms with Crippen molar-refractivity contribution in [1.82, 2.24) is 9.66 Å². The van der Waals surface area contributed by atoms with Crippen LogP contribution in [-0.4, -0.2) is 28.9 Å². The second-order valence-corrected chi connectivity index (χ2v) is 4.13. The summed E-state index contributed by atoms with van der Waals surface area (Å²) >= 11 is 0. The number of halogens is 1. The molecule has 0 unspecified atom stereocenters. The fourth-order valence-corrected chi connectivity index (χ4v) is 1.79. The van der Waals surface area contributed by atoms with Crippen molar-refractivity contribution in [2.45, 2.75) is 0 Å². The zero-order chi connectivity index (χ0) is 14.2. The minimum atomic E-state index is -0.772. The van der Waals surface area contributed by atoms with Crippen molar-refractivity contribution in [3.05, 3.63) is 50.9 Å². The molecule has 0 aliphatic heterocycles. The number of aromatic amines is 1. The van der Waals surface area contributed by atoms with Crippen LogP contribution in [0.2, 0.25) is 0 Å². The van der Waals surface area contributed by atoms with Crippen LogP contribution in [0.15, 0.2) is 33.9 Å². The minimum absolute atomic E-state index is 0.159. The Bertz CT molecular complexity index is 734. The van der Waals surface area contributed by atoms with Crippen molar-refractivity contribution in [2.24, 2.45) is 0 Å². The van der Waals surface area contributed by atoms with E-state index in [9.17, 15) is 19.1 Å². The Kier molecular flexibility index (Phi) is 3.12. The Morgan fingerprint density at radius 2 is 2.00 bits per heavy atom. The molecule has 0 amide bonds. The van der Waals surface area contributed by atoms with Gasteiger partial charge in [-0.15, -0.1) is 0 Å². The smallest absolute Gasteiger partial charge is 0.350 e. The van der Waals surface area contributed by atoms with Crippen LogP contribution in [0.4, 0.5) is 4.39 Å². The molecule has 0 aliphatic carbocycles. The number of aromatic hydroxyl groups is 1. The minimum Gasteiger partial charge on any atom is -0.493 e. The molecule has 0 aliphatic rings. The van der Waals surface area contributed by atoms with Gasteiger partial charge in [-0.1, -0.05) is 12.1 Å². The molecule has 1 aromatic heterocycles. The number of nitrogens with zero attached hydrogens (tertiary/aromatic N) is 2. The summed E-state index contributed by atoms with van der Waals surface area (Å²) in [5.41, 5.74) is -1.51. The Morgan fingerprint density at radius 1 is 1.32 bits per heavy atom. The lowest BCUT2D eigenvalue weighted by atomic mass is 10.1. The first-order chi connectivity index (χ1) is 8.91. The normalized spacial score (nSPS) is 10.5. The molecular weight excluding hydrogens is 253 g/mol. The van der Waals surface area contributed by atoms with Gasteiger partial charge in [0, 0.05) is 14.1 Å². The van der Waals surface area contributed by atoms with Gasteiger partial charge >= 0.3 is 5.69 Å². The van der Waals surface area contributed by atoms with Gasteiger partial charge in [0.15, 0.2) is 0 Å². The molecule has 2 N–H and O–H groups in total. The van der Waals surface area contributed by atoms with Gasteiger partial charge in [-0.05, 0) is 17.7 Å². The van der Waals surface area contributed by atoms with E-state index < -0.39 is 22.9 Å². The third kappa shape index (κ3) is 2.22. The maximum absolute atomic E-state index is 13.2. The van der Waals surface area contributed by atoms with Gasteiger partial charge in [0.05, 0.1) is 0 Å². The molecule has 100 valence electrons. The molecular formula is C12H12FN3O3. The lowest BCUT2D eigenvalue weighted by Crippen LogP contribution is -2.40. The number of nitrogens with one attached hydrogen (secondary N) is 1. The first-order valence-electron chi connectivity index (χ1n) is 5.43. The van der Waals surface area contributed by atoms with E-state index in [1.165, 1.54) is 37.3 Å². The number of benzene rings is 1. The predicted molar refractivity (Wildman–Crippen MR) is 68.4 cm³/mol. The van der Waals surface area contributed by atoms with Crippen LogP contribution in [0.5, 0.6) is 5.88 Å². The van der Waals surface area contributed by atoms with E-state index in [-0.39, 0.29) is 11.1 Å². The number of H-pyrrole nitrogens is 1. The third-order valence-corrected chi connectivity index (χ3v) is 2.58. The van der Waals surface area contributed by atoms with E-state index in [2.05, 4.69) is 4.98 Å². The third-order valence-electron chi connectivity index (χ3n) is 2.58. The van der Waals surface area contributed by atoms with Crippen LogP contribution in [0.3, 0.4) is 0 Å². The quantitative estimate of drug-likeness (QED) is 0.815. The molecule has 0 saturated heterocycles. The molecule has 2 aromatic rings. The van der Waals surface area contributed by atoms with Crippen LogP contribution >= 0.6 is 0 Å². The summed E-state index contributed by atoms with van der Waals surface area (Å²) in [5.74, 6) is -1.08. The average Bonchev–Trinajstić information content (AvgIpc) is 2.27. The van der Waals surface area contributed by atoms with E-state index in [0.717, 1.165) is 10.7 Å². The SMILES string of the molecule is CN(C)n1c(O)c(-c2cccc(F)c2)c(=O)[nH]c1=O. The van der Waals surface area contributed by atoms with Crippen LogP contribution in [0.25, 0.3) is 11.1 Å². The molecule has 7 heteroatoms. The second-order valence-electron chi connectivity index (χ2n) is 4.13. The maximum Gasteiger partial charge on any atom is 0.350 e. The van der Waals surface area contributed by atoms with Crippen LogP contribution in [-0.2, 0) is 0 Å². The highest BCUT2D eigenvalue weighted by molar-refractivity contribution is 5.67. The van der Waals surface area contributed by atoms with Crippen molar-refractivity contribution in [3.63, 3.8) is 0 Å². The molecule has 0 spiro atoms. The monoisotopic (exact) mass is 265 g/mol. The van der Waals surface area contributed by atoms with Crippen LogP contribution < -0.4 is 16.3 Å². The molecule has 0 radical (unpaired) electrons. The van der Waals surface area contributed by atoms with Gasteiger partial charge in [0.2, 0.25) is 5.88 Å². The summed E-state index contributed by atoms with van der Waals surface area (Å²) in [6.07, 6.45) is 0. The van der Waals surface area contributed by atoms with Gasteiger partial charge in [-0.2, -0.15) is 4.68 Å². The number of hydrogen-bond donors (Lipinski definition) is 2. The number of aromatic nitrogens is 2. The molecule has 2 rings (SSSR count). The molecule has 0 fully saturated rings. The Labute approximate surface area is 107 Å².